The Morgan fingerprint density at radius 3 is 3.05 bits per heavy atom. The third kappa shape index (κ3) is 2.69. The van der Waals surface area contributed by atoms with Gasteiger partial charge in [0.2, 0.25) is 0 Å². The summed E-state index contributed by atoms with van der Waals surface area (Å²) in [5.41, 5.74) is 0.722. The lowest BCUT2D eigenvalue weighted by molar-refractivity contribution is 0.0927. The van der Waals surface area contributed by atoms with Gasteiger partial charge in [-0.25, -0.2) is 4.98 Å². The van der Waals surface area contributed by atoms with Crippen molar-refractivity contribution in [2.24, 2.45) is 0 Å². The monoisotopic (exact) mass is 270 g/mol. The molecule has 0 bridgehead atoms. The average molecular weight is 270 g/mol. The van der Waals surface area contributed by atoms with Crippen LogP contribution in [0.4, 0.5) is 0 Å². The first-order valence-electron chi connectivity index (χ1n) is 6.42. The molecule has 0 fully saturated rings. The van der Waals surface area contributed by atoms with Crippen LogP contribution in [0, 0.1) is 0 Å². The van der Waals surface area contributed by atoms with Crippen LogP contribution >= 0.6 is 0 Å². The van der Waals surface area contributed by atoms with Crippen molar-refractivity contribution >= 4 is 16.9 Å². The van der Waals surface area contributed by atoms with Crippen molar-refractivity contribution in [3.63, 3.8) is 0 Å². The predicted octanol–water partition coefficient (Wildman–Crippen LogP) is 1.84. The maximum absolute atomic E-state index is 11.9. The van der Waals surface area contributed by atoms with Crippen molar-refractivity contribution in [3.8, 4) is 0 Å². The minimum atomic E-state index is -0.195. The molecular weight excluding hydrogens is 256 g/mol. The van der Waals surface area contributed by atoms with Gasteiger partial charge in [0.15, 0.2) is 5.76 Å². The highest BCUT2D eigenvalue weighted by atomic mass is 16.3. The zero-order valence-electron chi connectivity index (χ0n) is 10.8. The molecule has 3 rings (SSSR count). The quantitative estimate of drug-likeness (QED) is 0.718. The topological polar surface area (TPSA) is 73.0 Å². The van der Waals surface area contributed by atoms with E-state index in [2.05, 4.69) is 15.4 Å². The number of rotatable bonds is 5. The molecule has 2 aromatic heterocycles. The number of aromatic nitrogens is 3. The summed E-state index contributed by atoms with van der Waals surface area (Å²) in [5.74, 6) is 0.145. The maximum Gasteiger partial charge on any atom is 0.287 e. The molecule has 0 aliphatic heterocycles. The van der Waals surface area contributed by atoms with Crippen molar-refractivity contribution in [1.82, 2.24) is 20.1 Å². The minimum Gasteiger partial charge on any atom is -0.451 e. The van der Waals surface area contributed by atoms with Gasteiger partial charge in [-0.15, -0.1) is 0 Å². The Kier molecular flexibility index (Phi) is 3.45. The number of amides is 1. The van der Waals surface area contributed by atoms with E-state index in [-0.39, 0.29) is 5.91 Å². The van der Waals surface area contributed by atoms with Gasteiger partial charge in [-0.2, -0.15) is 5.10 Å². The number of para-hydroxylation sites is 1. The minimum absolute atomic E-state index is 0.195. The van der Waals surface area contributed by atoms with E-state index in [4.69, 9.17) is 4.42 Å². The number of carbonyl (C=O) groups excluding carboxylic acids is 1. The van der Waals surface area contributed by atoms with Crippen molar-refractivity contribution in [2.75, 3.05) is 6.54 Å². The molecule has 0 spiro atoms. The van der Waals surface area contributed by atoms with Crippen LogP contribution < -0.4 is 5.32 Å². The molecule has 0 radical (unpaired) electrons. The molecule has 0 aliphatic carbocycles. The SMILES string of the molecule is O=C(NCCCn1cncn1)c1cc2ccccc2o1. The van der Waals surface area contributed by atoms with Crippen molar-refractivity contribution in [3.05, 3.63) is 48.7 Å². The summed E-state index contributed by atoms with van der Waals surface area (Å²) in [6.45, 7) is 1.29. The molecule has 1 amide bonds. The number of hydrogen-bond donors (Lipinski definition) is 1. The number of benzene rings is 1. The summed E-state index contributed by atoms with van der Waals surface area (Å²) in [7, 11) is 0. The van der Waals surface area contributed by atoms with Gasteiger partial charge in [0.25, 0.3) is 5.91 Å². The molecule has 1 aromatic carbocycles. The Hall–Kier alpha value is -2.63. The van der Waals surface area contributed by atoms with E-state index in [0.29, 0.717) is 12.3 Å². The molecule has 0 atom stereocenters. The zero-order valence-corrected chi connectivity index (χ0v) is 10.8. The summed E-state index contributed by atoms with van der Waals surface area (Å²) >= 11 is 0. The van der Waals surface area contributed by atoms with Crippen LogP contribution in [-0.2, 0) is 6.54 Å². The molecule has 20 heavy (non-hydrogen) atoms. The Morgan fingerprint density at radius 2 is 2.25 bits per heavy atom. The molecular formula is C14H14N4O2. The number of aryl methyl sites for hydroxylation is 1. The number of carbonyl (C=O) groups is 1. The second-order valence-corrected chi connectivity index (χ2v) is 4.42. The third-order valence-corrected chi connectivity index (χ3v) is 2.97. The normalized spacial score (nSPS) is 10.8. The lowest BCUT2D eigenvalue weighted by atomic mass is 10.2. The second kappa shape index (κ2) is 5.56. The fourth-order valence-corrected chi connectivity index (χ4v) is 1.97. The molecule has 6 nitrogen and oxygen atoms in total. The molecule has 2 heterocycles. The summed E-state index contributed by atoms with van der Waals surface area (Å²) in [4.78, 5) is 15.8. The van der Waals surface area contributed by atoms with E-state index in [0.717, 1.165) is 23.9 Å². The third-order valence-electron chi connectivity index (χ3n) is 2.97. The molecule has 0 saturated heterocycles. The standard InChI is InChI=1S/C14H14N4O2/c19-14(16-6-3-7-18-10-15-9-17-18)13-8-11-4-1-2-5-12(11)20-13/h1-2,4-5,8-10H,3,6-7H2,(H,16,19). The molecule has 102 valence electrons. The van der Waals surface area contributed by atoms with Gasteiger partial charge in [0, 0.05) is 18.5 Å². The highest BCUT2D eigenvalue weighted by molar-refractivity contribution is 5.95. The Bertz CT molecular complexity index is 670. The van der Waals surface area contributed by atoms with Gasteiger partial charge in [-0.05, 0) is 18.6 Å². The van der Waals surface area contributed by atoms with Crippen molar-refractivity contribution in [1.29, 1.82) is 0 Å². The van der Waals surface area contributed by atoms with Crippen LogP contribution in [0.25, 0.3) is 11.0 Å². The van der Waals surface area contributed by atoms with Crippen LogP contribution in [0.3, 0.4) is 0 Å². The molecule has 0 aliphatic rings. The van der Waals surface area contributed by atoms with Crippen LogP contribution in [0.15, 0.2) is 47.4 Å². The van der Waals surface area contributed by atoms with Gasteiger partial charge in [0.1, 0.15) is 18.2 Å². The molecule has 6 heteroatoms. The van der Waals surface area contributed by atoms with Gasteiger partial charge >= 0.3 is 0 Å². The number of fused-ring (bicyclic) bond motifs is 1. The summed E-state index contributed by atoms with van der Waals surface area (Å²) in [6, 6.07) is 9.31. The molecule has 0 saturated carbocycles. The van der Waals surface area contributed by atoms with Gasteiger partial charge in [-0.3, -0.25) is 9.48 Å². The lowest BCUT2D eigenvalue weighted by Gasteiger charge is -2.02. The first-order chi connectivity index (χ1) is 9.83. The number of hydrogen-bond acceptors (Lipinski definition) is 4. The number of nitrogens with zero attached hydrogens (tertiary/aromatic N) is 3. The van der Waals surface area contributed by atoms with E-state index < -0.39 is 0 Å². The van der Waals surface area contributed by atoms with Gasteiger partial charge < -0.3 is 9.73 Å². The predicted molar refractivity (Wildman–Crippen MR) is 73.2 cm³/mol. The first-order valence-corrected chi connectivity index (χ1v) is 6.42. The van der Waals surface area contributed by atoms with Crippen molar-refractivity contribution in [2.45, 2.75) is 13.0 Å². The number of nitrogens with one attached hydrogen (secondary N) is 1. The van der Waals surface area contributed by atoms with E-state index in [1.165, 1.54) is 6.33 Å². The van der Waals surface area contributed by atoms with Gasteiger partial charge in [0.05, 0.1) is 0 Å². The number of furan rings is 1. The van der Waals surface area contributed by atoms with E-state index >= 15 is 0 Å². The summed E-state index contributed by atoms with van der Waals surface area (Å²) in [5, 5.41) is 7.75. The van der Waals surface area contributed by atoms with Gasteiger partial charge in [-0.1, -0.05) is 18.2 Å². The Labute approximate surface area is 115 Å². The molecule has 3 aromatic rings. The largest absolute Gasteiger partial charge is 0.451 e. The van der Waals surface area contributed by atoms with E-state index in [1.54, 1.807) is 17.1 Å². The molecule has 1 N–H and O–H groups in total. The fraction of sp³-hybridized carbons (Fsp3) is 0.214. The van der Waals surface area contributed by atoms with E-state index in [9.17, 15) is 4.79 Å². The molecule has 0 unspecified atom stereocenters. The Morgan fingerprint density at radius 1 is 1.35 bits per heavy atom. The summed E-state index contributed by atoms with van der Waals surface area (Å²) in [6.07, 6.45) is 3.93. The fourth-order valence-electron chi connectivity index (χ4n) is 1.97. The van der Waals surface area contributed by atoms with Crippen molar-refractivity contribution < 1.29 is 9.21 Å². The first kappa shape index (κ1) is 12.4. The summed E-state index contributed by atoms with van der Waals surface area (Å²) < 4.78 is 7.22. The van der Waals surface area contributed by atoms with E-state index in [1.807, 2.05) is 24.3 Å². The second-order valence-electron chi connectivity index (χ2n) is 4.42. The highest BCUT2D eigenvalue weighted by Gasteiger charge is 2.10. The van der Waals surface area contributed by atoms with Crippen LogP contribution in [-0.4, -0.2) is 27.2 Å². The average Bonchev–Trinajstić information content (AvgIpc) is 3.12. The Balaban J connectivity index is 1.53. The highest BCUT2D eigenvalue weighted by Crippen LogP contribution is 2.18. The maximum atomic E-state index is 11.9. The smallest absolute Gasteiger partial charge is 0.287 e. The van der Waals surface area contributed by atoms with Crippen LogP contribution in [0.1, 0.15) is 17.0 Å². The van der Waals surface area contributed by atoms with Crippen LogP contribution in [0.2, 0.25) is 0 Å². The van der Waals surface area contributed by atoms with Crippen LogP contribution in [0.5, 0.6) is 0 Å². The zero-order chi connectivity index (χ0) is 13.8. The lowest BCUT2D eigenvalue weighted by Crippen LogP contribution is -2.24.